The number of amides is 3. The number of benzene rings is 3. The number of methoxy groups -OCH3 is 1. The van der Waals surface area contributed by atoms with E-state index in [4.69, 9.17) is 26.8 Å². The first-order valence-corrected chi connectivity index (χ1v) is 13.4. The molecule has 0 spiro atoms. The molecule has 1 fully saturated rings. The molecule has 0 aromatic heterocycles. The molecular weight excluding hydrogens is 516 g/mol. The van der Waals surface area contributed by atoms with E-state index in [1.54, 1.807) is 36.3 Å². The number of urea groups is 1. The summed E-state index contributed by atoms with van der Waals surface area (Å²) in [6, 6.07) is 18.4. The van der Waals surface area contributed by atoms with Crippen molar-refractivity contribution in [1.29, 1.82) is 0 Å². The van der Waals surface area contributed by atoms with Crippen LogP contribution in [0.1, 0.15) is 21.5 Å². The van der Waals surface area contributed by atoms with Crippen LogP contribution in [0.15, 0.2) is 60.7 Å². The van der Waals surface area contributed by atoms with Gasteiger partial charge in [0.1, 0.15) is 5.75 Å². The second kappa shape index (κ2) is 13.5. The second-order valence-electron chi connectivity index (χ2n) is 9.44. The highest BCUT2D eigenvalue weighted by Crippen LogP contribution is 2.35. The average molecular weight is 551 g/mol. The van der Waals surface area contributed by atoms with Crippen molar-refractivity contribution in [2.24, 2.45) is 5.73 Å². The first kappa shape index (κ1) is 28.4. The van der Waals surface area contributed by atoms with Crippen molar-refractivity contribution in [1.82, 2.24) is 10.2 Å². The van der Waals surface area contributed by atoms with E-state index in [2.05, 4.69) is 10.2 Å². The number of rotatable bonds is 10. The molecule has 3 amide bonds. The van der Waals surface area contributed by atoms with Crippen molar-refractivity contribution in [3.8, 4) is 16.9 Å². The first-order valence-electron chi connectivity index (χ1n) is 13.0. The summed E-state index contributed by atoms with van der Waals surface area (Å²) in [6.45, 7) is 6.57. The van der Waals surface area contributed by atoms with Crippen LogP contribution >= 0.6 is 11.6 Å². The molecule has 0 aliphatic carbocycles. The van der Waals surface area contributed by atoms with Crippen LogP contribution in [0, 0.1) is 6.92 Å². The molecule has 1 saturated heterocycles. The number of hydrogen-bond acceptors (Lipinski definition) is 5. The molecule has 4 rings (SSSR count). The van der Waals surface area contributed by atoms with E-state index in [0.29, 0.717) is 55.4 Å². The van der Waals surface area contributed by atoms with Crippen molar-refractivity contribution in [2.75, 3.05) is 57.9 Å². The monoisotopic (exact) mass is 550 g/mol. The van der Waals surface area contributed by atoms with E-state index < -0.39 is 5.91 Å². The van der Waals surface area contributed by atoms with Crippen LogP contribution in [-0.2, 0) is 11.2 Å². The van der Waals surface area contributed by atoms with Crippen molar-refractivity contribution in [3.63, 3.8) is 0 Å². The first-order chi connectivity index (χ1) is 18.9. The molecule has 1 heterocycles. The maximum absolute atomic E-state index is 13.6. The largest absolute Gasteiger partial charge is 0.497 e. The Bertz CT molecular complexity index is 1280. The summed E-state index contributed by atoms with van der Waals surface area (Å²) in [5.41, 5.74) is 10.3. The van der Waals surface area contributed by atoms with Crippen LogP contribution in [0.3, 0.4) is 0 Å². The van der Waals surface area contributed by atoms with Crippen molar-refractivity contribution >= 4 is 29.2 Å². The molecule has 0 radical (unpaired) electrons. The third-order valence-corrected chi connectivity index (χ3v) is 7.22. The Morgan fingerprint density at radius 1 is 1.05 bits per heavy atom. The fraction of sp³-hybridized carbons (Fsp3) is 0.333. The number of carbonyl (C=O) groups excluding carboxylic acids is 2. The van der Waals surface area contributed by atoms with E-state index >= 15 is 0 Å². The van der Waals surface area contributed by atoms with E-state index in [9.17, 15) is 9.59 Å². The van der Waals surface area contributed by atoms with Crippen LogP contribution in [0.4, 0.5) is 10.5 Å². The number of primary amides is 1. The van der Waals surface area contributed by atoms with Gasteiger partial charge in [-0.2, -0.15) is 0 Å². The summed E-state index contributed by atoms with van der Waals surface area (Å²) >= 11 is 6.11. The molecule has 206 valence electrons. The van der Waals surface area contributed by atoms with Gasteiger partial charge in [0.05, 0.1) is 20.3 Å². The molecule has 0 bridgehead atoms. The molecule has 39 heavy (non-hydrogen) atoms. The normalized spacial score (nSPS) is 13.6. The summed E-state index contributed by atoms with van der Waals surface area (Å²) in [5.74, 6) is 0.266. The molecular formula is C30H35ClN4O4. The van der Waals surface area contributed by atoms with Crippen LogP contribution in [0.5, 0.6) is 5.75 Å². The molecule has 3 N–H and O–H groups in total. The maximum Gasteiger partial charge on any atom is 0.321 e. The van der Waals surface area contributed by atoms with Gasteiger partial charge in [-0.15, -0.1) is 0 Å². The van der Waals surface area contributed by atoms with Gasteiger partial charge in [0.15, 0.2) is 0 Å². The van der Waals surface area contributed by atoms with E-state index in [-0.39, 0.29) is 6.03 Å². The predicted molar refractivity (Wildman–Crippen MR) is 155 cm³/mol. The summed E-state index contributed by atoms with van der Waals surface area (Å²) in [4.78, 5) is 30.0. The van der Waals surface area contributed by atoms with Gasteiger partial charge in [0.25, 0.3) is 0 Å². The van der Waals surface area contributed by atoms with Gasteiger partial charge >= 0.3 is 6.03 Å². The number of halogens is 1. The quantitative estimate of drug-likeness (QED) is 0.387. The Morgan fingerprint density at radius 3 is 2.38 bits per heavy atom. The number of nitrogens with zero attached hydrogens (tertiary/aromatic N) is 2. The molecule has 3 aromatic carbocycles. The van der Waals surface area contributed by atoms with Crippen molar-refractivity contribution < 1.29 is 19.1 Å². The molecule has 0 saturated carbocycles. The van der Waals surface area contributed by atoms with Crippen LogP contribution in [0.25, 0.3) is 11.1 Å². The third kappa shape index (κ3) is 7.29. The van der Waals surface area contributed by atoms with Gasteiger partial charge in [-0.3, -0.25) is 14.6 Å². The molecule has 8 nitrogen and oxygen atoms in total. The average Bonchev–Trinajstić information content (AvgIpc) is 2.95. The smallest absolute Gasteiger partial charge is 0.321 e. The fourth-order valence-electron chi connectivity index (χ4n) is 4.79. The predicted octanol–water partition coefficient (Wildman–Crippen LogP) is 4.51. The highest BCUT2D eigenvalue weighted by molar-refractivity contribution is 6.30. The molecule has 9 heteroatoms. The number of anilines is 1. The number of hydrogen-bond donors (Lipinski definition) is 2. The van der Waals surface area contributed by atoms with Gasteiger partial charge < -0.3 is 20.5 Å². The summed E-state index contributed by atoms with van der Waals surface area (Å²) in [5, 5.41) is 3.67. The van der Waals surface area contributed by atoms with Crippen LogP contribution in [0.2, 0.25) is 5.02 Å². The second-order valence-corrected chi connectivity index (χ2v) is 9.88. The zero-order valence-corrected chi connectivity index (χ0v) is 23.2. The molecule has 0 unspecified atom stereocenters. The summed E-state index contributed by atoms with van der Waals surface area (Å²) in [7, 11) is 1.64. The molecule has 1 aliphatic rings. The maximum atomic E-state index is 13.6. The standard InChI is InChI=1S/C30H35ClN4O4/c1-21-27(12-11-26(29(32)36)28(21)23-5-7-24(31)8-6-23)35(16-15-34-17-19-39-20-18-34)30(37)33-14-13-22-3-9-25(38-2)10-4-22/h3-12H,13-20H2,1-2H3,(H2,32,36)(H,33,37). The SMILES string of the molecule is COc1ccc(CCNC(=O)N(CCN2CCOCC2)c2ccc(C(N)=O)c(-c3ccc(Cl)cc3)c2C)cc1. The van der Waals surface area contributed by atoms with E-state index in [1.165, 1.54) is 0 Å². The molecule has 3 aromatic rings. The summed E-state index contributed by atoms with van der Waals surface area (Å²) < 4.78 is 10.7. The van der Waals surface area contributed by atoms with Gasteiger partial charge in [-0.25, -0.2) is 4.79 Å². The lowest BCUT2D eigenvalue weighted by Crippen LogP contribution is -2.47. The third-order valence-electron chi connectivity index (χ3n) is 6.96. The minimum absolute atomic E-state index is 0.200. The van der Waals surface area contributed by atoms with E-state index in [0.717, 1.165) is 41.2 Å². The Kier molecular flexibility index (Phi) is 9.81. The van der Waals surface area contributed by atoms with Crippen LogP contribution < -0.4 is 20.7 Å². The van der Waals surface area contributed by atoms with E-state index in [1.807, 2.05) is 43.3 Å². The number of nitrogens with two attached hydrogens (primary N) is 1. The number of ether oxygens (including phenoxy) is 2. The lowest BCUT2D eigenvalue weighted by Gasteiger charge is -2.31. The lowest BCUT2D eigenvalue weighted by atomic mass is 9.93. The summed E-state index contributed by atoms with van der Waals surface area (Å²) in [6.07, 6.45) is 0.683. The highest BCUT2D eigenvalue weighted by Gasteiger charge is 2.23. The van der Waals surface area contributed by atoms with Gasteiger partial charge in [-0.1, -0.05) is 35.9 Å². The fourth-order valence-corrected chi connectivity index (χ4v) is 4.91. The van der Waals surface area contributed by atoms with Crippen molar-refractivity contribution in [2.45, 2.75) is 13.3 Å². The van der Waals surface area contributed by atoms with Gasteiger partial charge in [0.2, 0.25) is 5.91 Å². The number of carbonyl (C=O) groups is 2. The van der Waals surface area contributed by atoms with Gasteiger partial charge in [0, 0.05) is 49.0 Å². The lowest BCUT2D eigenvalue weighted by molar-refractivity contribution is 0.0393. The molecule has 0 atom stereocenters. The zero-order chi connectivity index (χ0) is 27.8. The highest BCUT2D eigenvalue weighted by atomic mass is 35.5. The van der Waals surface area contributed by atoms with Crippen molar-refractivity contribution in [3.05, 3.63) is 82.4 Å². The minimum Gasteiger partial charge on any atom is -0.497 e. The minimum atomic E-state index is -0.529. The van der Waals surface area contributed by atoms with Crippen LogP contribution in [-0.4, -0.2) is 69.9 Å². The van der Waals surface area contributed by atoms with Gasteiger partial charge in [-0.05, 0) is 72.0 Å². The Labute approximate surface area is 234 Å². The number of nitrogens with one attached hydrogen (secondary N) is 1. The topological polar surface area (TPSA) is 97.1 Å². The Morgan fingerprint density at radius 2 is 1.74 bits per heavy atom. The number of morpholine rings is 1. The molecule has 1 aliphatic heterocycles. The zero-order valence-electron chi connectivity index (χ0n) is 22.4. The Balaban J connectivity index is 1.60. The Hall–Kier alpha value is -3.59.